The number of fused-ring (bicyclic) bond motifs is 3. The van der Waals surface area contributed by atoms with E-state index in [9.17, 15) is 14.0 Å². The Morgan fingerprint density at radius 3 is 2.70 bits per heavy atom. The van der Waals surface area contributed by atoms with Crippen molar-refractivity contribution in [2.24, 2.45) is 4.99 Å². The van der Waals surface area contributed by atoms with E-state index in [4.69, 9.17) is 9.73 Å². The van der Waals surface area contributed by atoms with Crippen molar-refractivity contribution in [3.8, 4) is 5.75 Å². The first-order valence-corrected chi connectivity index (χ1v) is 13.4. The van der Waals surface area contributed by atoms with E-state index in [0.29, 0.717) is 20.6 Å². The van der Waals surface area contributed by atoms with Crippen LogP contribution in [0.5, 0.6) is 5.75 Å². The summed E-state index contributed by atoms with van der Waals surface area (Å²) < 4.78 is 22.2. The molecule has 184 valence electrons. The van der Waals surface area contributed by atoms with Crippen molar-refractivity contribution < 1.29 is 13.9 Å². The molecular weight excluding hydrogens is 555 g/mol. The number of ether oxygens (including phenoxy) is 1. The van der Waals surface area contributed by atoms with Gasteiger partial charge >= 0.3 is 5.97 Å². The van der Waals surface area contributed by atoms with Gasteiger partial charge in [-0.25, -0.2) is 9.38 Å². The third-order valence-electron chi connectivity index (χ3n) is 6.57. The summed E-state index contributed by atoms with van der Waals surface area (Å²) in [5, 5.41) is 0. The molecule has 1 aliphatic heterocycles. The Balaban J connectivity index is 1.61. The summed E-state index contributed by atoms with van der Waals surface area (Å²) in [5.41, 5.74) is 5.46. The minimum Gasteiger partial charge on any atom is -0.426 e. The molecule has 37 heavy (non-hydrogen) atoms. The van der Waals surface area contributed by atoms with Gasteiger partial charge in [-0.3, -0.25) is 14.2 Å². The van der Waals surface area contributed by atoms with Crippen LogP contribution in [0.15, 0.2) is 86.6 Å². The largest absolute Gasteiger partial charge is 0.426 e. The lowest BCUT2D eigenvalue weighted by Gasteiger charge is -2.30. The smallest absolute Gasteiger partial charge is 0.308 e. The fourth-order valence-electron chi connectivity index (χ4n) is 4.99. The fourth-order valence-corrected chi connectivity index (χ4v) is 6.36. The van der Waals surface area contributed by atoms with E-state index in [-0.39, 0.29) is 11.4 Å². The molecule has 1 aromatic heterocycles. The van der Waals surface area contributed by atoms with Gasteiger partial charge in [-0.15, -0.1) is 0 Å². The summed E-state index contributed by atoms with van der Waals surface area (Å²) in [5.74, 6) is -0.405. The predicted octanol–water partition coefficient (Wildman–Crippen LogP) is 5.15. The molecule has 0 N–H and O–H groups in total. The molecule has 0 spiro atoms. The van der Waals surface area contributed by atoms with Crippen LogP contribution in [0.3, 0.4) is 0 Å². The highest BCUT2D eigenvalue weighted by atomic mass is 79.9. The Kier molecular flexibility index (Phi) is 6.01. The Hall–Kier alpha value is -3.62. The van der Waals surface area contributed by atoms with Crippen LogP contribution in [0, 0.1) is 5.82 Å². The lowest BCUT2D eigenvalue weighted by atomic mass is 9.83. The average Bonchev–Trinajstić information content (AvgIpc) is 3.19. The second-order valence-corrected chi connectivity index (χ2v) is 10.9. The molecule has 1 atom stereocenters. The molecule has 0 amide bonds. The second kappa shape index (κ2) is 9.36. The number of hydrogen-bond acceptors (Lipinski definition) is 5. The molecule has 0 saturated heterocycles. The van der Waals surface area contributed by atoms with E-state index in [0.717, 1.165) is 39.7 Å². The van der Waals surface area contributed by atoms with Crippen molar-refractivity contribution in [2.75, 3.05) is 0 Å². The van der Waals surface area contributed by atoms with Crippen molar-refractivity contribution >= 4 is 45.0 Å². The van der Waals surface area contributed by atoms with E-state index >= 15 is 0 Å². The number of carbonyl (C=O) groups is 1. The van der Waals surface area contributed by atoms with E-state index in [1.807, 2.05) is 12.1 Å². The summed E-state index contributed by atoms with van der Waals surface area (Å²) in [7, 11) is 0. The molecule has 0 radical (unpaired) electrons. The zero-order valence-corrected chi connectivity index (χ0v) is 22.1. The van der Waals surface area contributed by atoms with E-state index < -0.39 is 12.0 Å². The van der Waals surface area contributed by atoms with Gasteiger partial charge in [-0.05, 0) is 65.9 Å². The monoisotopic (exact) mass is 574 g/mol. The third kappa shape index (κ3) is 4.30. The Labute approximate surface area is 224 Å². The number of rotatable bonds is 3. The lowest BCUT2D eigenvalue weighted by molar-refractivity contribution is -0.131. The maximum atomic E-state index is 13.9. The van der Waals surface area contributed by atoms with Gasteiger partial charge in [0.1, 0.15) is 11.6 Å². The van der Waals surface area contributed by atoms with Gasteiger partial charge in [-0.2, -0.15) is 0 Å². The number of halogens is 2. The highest BCUT2D eigenvalue weighted by Crippen LogP contribution is 2.41. The van der Waals surface area contributed by atoms with Crippen LogP contribution in [0.2, 0.25) is 0 Å². The lowest BCUT2D eigenvalue weighted by Crippen LogP contribution is -2.38. The zero-order valence-electron chi connectivity index (χ0n) is 19.7. The normalized spacial score (nSPS) is 16.5. The molecule has 1 aliphatic carbocycles. The van der Waals surface area contributed by atoms with Gasteiger partial charge in [0.2, 0.25) is 0 Å². The minimum atomic E-state index is -0.443. The van der Waals surface area contributed by atoms with Gasteiger partial charge in [0.05, 0.1) is 16.3 Å². The van der Waals surface area contributed by atoms with Crippen molar-refractivity contribution in [3.63, 3.8) is 0 Å². The zero-order chi connectivity index (χ0) is 25.7. The first kappa shape index (κ1) is 23.8. The van der Waals surface area contributed by atoms with Crippen LogP contribution >= 0.6 is 27.3 Å². The van der Waals surface area contributed by atoms with Gasteiger partial charge < -0.3 is 4.74 Å². The number of aryl methyl sites for hydroxylation is 1. The van der Waals surface area contributed by atoms with E-state index in [1.54, 1.807) is 41.0 Å². The summed E-state index contributed by atoms with van der Waals surface area (Å²) >= 11 is 4.74. The van der Waals surface area contributed by atoms with Crippen molar-refractivity contribution in [1.29, 1.82) is 0 Å². The van der Waals surface area contributed by atoms with Crippen LogP contribution in [0.25, 0.3) is 11.8 Å². The molecule has 0 bridgehead atoms. The molecule has 5 nitrogen and oxygen atoms in total. The highest BCUT2D eigenvalue weighted by Gasteiger charge is 2.32. The Bertz CT molecular complexity index is 1790. The second-order valence-electron chi connectivity index (χ2n) is 8.94. The van der Waals surface area contributed by atoms with Gasteiger partial charge in [0.25, 0.3) is 5.56 Å². The molecule has 6 rings (SSSR count). The fraction of sp³-hybridized carbons (Fsp3) is 0.138. The summed E-state index contributed by atoms with van der Waals surface area (Å²) in [6, 6.07) is 19.4. The van der Waals surface area contributed by atoms with Gasteiger partial charge in [0, 0.05) is 22.5 Å². The number of allylic oxidation sites excluding steroid dienone is 1. The highest BCUT2D eigenvalue weighted by molar-refractivity contribution is 9.10. The maximum absolute atomic E-state index is 13.9. The van der Waals surface area contributed by atoms with E-state index in [1.165, 1.54) is 36.0 Å². The number of benzene rings is 3. The van der Waals surface area contributed by atoms with E-state index in [2.05, 4.69) is 28.1 Å². The topological polar surface area (TPSA) is 60.7 Å². The van der Waals surface area contributed by atoms with Crippen LogP contribution in [0.4, 0.5) is 4.39 Å². The van der Waals surface area contributed by atoms with Crippen LogP contribution in [0.1, 0.15) is 41.6 Å². The first-order chi connectivity index (χ1) is 17.9. The Morgan fingerprint density at radius 1 is 1.14 bits per heavy atom. The SMILES string of the molecule is CC(=O)Oc1ccc(Br)cc1/C=c1/sc2n(c1=O)[C@@H](c1ccc(F)cc1)C1=C(N=2)c2ccccc2CC1. The number of esters is 1. The summed E-state index contributed by atoms with van der Waals surface area (Å²) in [6.07, 6.45) is 3.33. The van der Waals surface area contributed by atoms with Crippen LogP contribution in [-0.4, -0.2) is 10.5 Å². The summed E-state index contributed by atoms with van der Waals surface area (Å²) in [4.78, 5) is 31.1. The van der Waals surface area contributed by atoms with Crippen molar-refractivity contribution in [3.05, 3.63) is 125 Å². The van der Waals surface area contributed by atoms with Gasteiger partial charge in [0.15, 0.2) is 4.80 Å². The predicted molar refractivity (Wildman–Crippen MR) is 145 cm³/mol. The maximum Gasteiger partial charge on any atom is 0.308 e. The number of aromatic nitrogens is 1. The molecule has 2 aliphatic rings. The molecule has 0 unspecified atom stereocenters. The Morgan fingerprint density at radius 2 is 1.92 bits per heavy atom. The number of hydrogen-bond donors (Lipinski definition) is 0. The first-order valence-electron chi connectivity index (χ1n) is 11.8. The van der Waals surface area contributed by atoms with Crippen LogP contribution in [-0.2, 0) is 11.2 Å². The molecule has 0 fully saturated rings. The molecule has 2 heterocycles. The van der Waals surface area contributed by atoms with Crippen molar-refractivity contribution in [1.82, 2.24) is 4.57 Å². The third-order valence-corrected chi connectivity index (χ3v) is 8.05. The quantitative estimate of drug-likeness (QED) is 0.251. The summed E-state index contributed by atoms with van der Waals surface area (Å²) in [6.45, 7) is 1.34. The minimum absolute atomic E-state index is 0.197. The standard InChI is InChI=1S/C29H20BrFN2O3S/c1-16(34)36-24-13-9-20(30)14-19(24)15-25-28(35)33-27(18-6-10-21(31)11-7-18)23-12-8-17-4-2-3-5-22(17)26(23)32-29(33)37-25/h2-7,9-11,13-15,27H,8,12H2,1H3/b25-15+/t27-/m0/s1. The number of nitrogens with zero attached hydrogens (tertiary/aromatic N) is 2. The molecular formula is C29H20BrFN2O3S. The van der Waals surface area contributed by atoms with Crippen molar-refractivity contribution in [2.45, 2.75) is 25.8 Å². The van der Waals surface area contributed by atoms with Gasteiger partial charge in [-0.1, -0.05) is 63.7 Å². The van der Waals surface area contributed by atoms with Crippen LogP contribution < -0.4 is 19.6 Å². The molecule has 0 saturated carbocycles. The number of thiazole rings is 1. The average molecular weight is 575 g/mol. The molecule has 3 aromatic carbocycles. The molecule has 4 aromatic rings. The number of carbonyl (C=O) groups excluding carboxylic acids is 1. The molecule has 8 heteroatoms.